The molecule has 0 fully saturated rings. The minimum absolute atomic E-state index is 0. The highest BCUT2D eigenvalue weighted by Crippen LogP contribution is 1.85. The molecule has 0 aliphatic carbocycles. The summed E-state index contributed by atoms with van der Waals surface area (Å²) in [5, 5.41) is 6.60. The van der Waals surface area contributed by atoms with Gasteiger partial charge in [0, 0.05) is 6.54 Å². The van der Waals surface area contributed by atoms with E-state index in [1.54, 1.807) is 5.54 Å². The van der Waals surface area contributed by atoms with Crippen molar-refractivity contribution >= 4 is 49.6 Å². The van der Waals surface area contributed by atoms with Gasteiger partial charge >= 0.3 is 0 Å². The SMILES string of the molecule is Cl.Cl.Cl.Cl.NCCCNCCCCNCCCNF. The van der Waals surface area contributed by atoms with Crippen LogP contribution in [-0.4, -0.2) is 39.3 Å². The fraction of sp³-hybridized carbons (Fsp3) is 1.00. The third-order valence-corrected chi connectivity index (χ3v) is 2.14. The Balaban J connectivity index is -0.000000163. The van der Waals surface area contributed by atoms with Crippen LogP contribution in [-0.2, 0) is 0 Å². The van der Waals surface area contributed by atoms with Gasteiger partial charge in [0.2, 0.25) is 0 Å². The number of unbranched alkanes of at least 4 members (excludes halogenated alkanes) is 1. The minimum atomic E-state index is 0. The zero-order chi connectivity index (χ0) is 11.2. The molecule has 5 N–H and O–H groups in total. The first kappa shape index (κ1) is 32.0. The Morgan fingerprint density at radius 2 is 1.05 bits per heavy atom. The maximum atomic E-state index is 11.5. The Morgan fingerprint density at radius 3 is 1.47 bits per heavy atom. The van der Waals surface area contributed by atoms with Gasteiger partial charge in [0.25, 0.3) is 0 Å². The second-order valence-corrected chi connectivity index (χ2v) is 3.59. The molecule has 0 atom stereocenters. The van der Waals surface area contributed by atoms with Crippen LogP contribution in [0.1, 0.15) is 25.7 Å². The van der Waals surface area contributed by atoms with Crippen LogP contribution in [0.4, 0.5) is 4.48 Å². The van der Waals surface area contributed by atoms with E-state index in [0.717, 1.165) is 45.6 Å². The zero-order valence-electron chi connectivity index (χ0n) is 11.2. The Kier molecular flexibility index (Phi) is 52.9. The molecule has 0 radical (unpaired) electrons. The fourth-order valence-corrected chi connectivity index (χ4v) is 1.26. The predicted octanol–water partition coefficient (Wildman–Crippen LogP) is 1.85. The highest BCUT2D eigenvalue weighted by Gasteiger charge is 1.90. The van der Waals surface area contributed by atoms with Crippen molar-refractivity contribution in [3.8, 4) is 0 Å². The molecule has 0 rings (SSSR count). The van der Waals surface area contributed by atoms with Crippen molar-refractivity contribution in [2.75, 3.05) is 39.3 Å². The van der Waals surface area contributed by atoms with E-state index in [-0.39, 0.29) is 49.6 Å². The van der Waals surface area contributed by atoms with E-state index in [1.807, 2.05) is 0 Å². The highest BCUT2D eigenvalue weighted by atomic mass is 35.5. The monoisotopic (exact) mass is 364 g/mol. The van der Waals surface area contributed by atoms with Gasteiger partial charge in [-0.15, -0.1) is 54.1 Å². The first-order valence-corrected chi connectivity index (χ1v) is 5.86. The Hall–Kier alpha value is 0.930. The van der Waals surface area contributed by atoms with E-state index in [0.29, 0.717) is 6.54 Å². The van der Waals surface area contributed by atoms with Crippen molar-refractivity contribution in [3.05, 3.63) is 0 Å². The molecular formula is C10H29Cl4FN4. The molecule has 9 heteroatoms. The fourth-order valence-electron chi connectivity index (χ4n) is 1.26. The normalized spacial score (nSPS) is 8.53. The van der Waals surface area contributed by atoms with E-state index >= 15 is 0 Å². The van der Waals surface area contributed by atoms with Crippen LogP contribution in [0.2, 0.25) is 0 Å². The molecule has 0 aromatic rings. The highest BCUT2D eigenvalue weighted by molar-refractivity contribution is 5.86. The topological polar surface area (TPSA) is 62.1 Å². The number of rotatable bonds is 12. The number of nitrogens with one attached hydrogen (secondary N) is 3. The van der Waals surface area contributed by atoms with Gasteiger partial charge in [0.15, 0.2) is 0 Å². The summed E-state index contributed by atoms with van der Waals surface area (Å²) in [6.45, 7) is 5.19. The molecule has 0 saturated heterocycles. The summed E-state index contributed by atoms with van der Waals surface area (Å²) in [6, 6.07) is 0. The van der Waals surface area contributed by atoms with Gasteiger partial charge in [0.1, 0.15) is 0 Å². The van der Waals surface area contributed by atoms with Crippen molar-refractivity contribution < 1.29 is 4.48 Å². The number of hydrogen-bond acceptors (Lipinski definition) is 4. The third kappa shape index (κ3) is 32.5. The van der Waals surface area contributed by atoms with E-state index in [9.17, 15) is 4.48 Å². The molecule has 4 nitrogen and oxygen atoms in total. The summed E-state index contributed by atoms with van der Waals surface area (Å²) in [5.41, 5.74) is 7.01. The lowest BCUT2D eigenvalue weighted by atomic mass is 10.3. The summed E-state index contributed by atoms with van der Waals surface area (Å²) in [4.78, 5) is 0. The van der Waals surface area contributed by atoms with Crippen LogP contribution < -0.4 is 21.9 Å². The van der Waals surface area contributed by atoms with E-state index < -0.39 is 0 Å². The van der Waals surface area contributed by atoms with Gasteiger partial charge in [-0.1, -0.05) is 0 Å². The van der Waals surface area contributed by atoms with Gasteiger partial charge in [-0.3, -0.25) is 0 Å². The van der Waals surface area contributed by atoms with Crippen molar-refractivity contribution in [1.82, 2.24) is 16.2 Å². The lowest BCUT2D eigenvalue weighted by Gasteiger charge is -2.05. The molecule has 0 bridgehead atoms. The molecule has 0 unspecified atom stereocenters. The van der Waals surface area contributed by atoms with Crippen LogP contribution in [0.25, 0.3) is 0 Å². The average Bonchev–Trinajstić information content (AvgIpc) is 2.26. The maximum absolute atomic E-state index is 11.5. The zero-order valence-corrected chi connectivity index (χ0v) is 14.4. The summed E-state index contributed by atoms with van der Waals surface area (Å²) in [7, 11) is 0. The van der Waals surface area contributed by atoms with E-state index in [2.05, 4.69) is 10.6 Å². The van der Waals surface area contributed by atoms with Gasteiger partial charge in [-0.2, -0.15) is 5.54 Å². The summed E-state index contributed by atoms with van der Waals surface area (Å²) in [5.74, 6) is 0. The lowest BCUT2D eigenvalue weighted by molar-refractivity contribution is 0.330. The molecule has 0 aromatic heterocycles. The Morgan fingerprint density at radius 1 is 0.632 bits per heavy atom. The largest absolute Gasteiger partial charge is 0.330 e. The van der Waals surface area contributed by atoms with Gasteiger partial charge in [-0.05, 0) is 58.4 Å². The Labute approximate surface area is 141 Å². The number of hydrogen-bond donors (Lipinski definition) is 4. The quantitative estimate of drug-likeness (QED) is 0.315. The standard InChI is InChI=1S/C10H25FN4.4ClH/c11-15-10-4-9-14-7-2-1-6-13-8-3-5-12;;;;/h13-15H,1-10,12H2;4*1H. The second-order valence-electron chi connectivity index (χ2n) is 3.59. The average molecular weight is 366 g/mol. The summed E-state index contributed by atoms with van der Waals surface area (Å²) >= 11 is 0. The van der Waals surface area contributed by atoms with Crippen LogP contribution in [0, 0.1) is 0 Å². The predicted molar refractivity (Wildman–Crippen MR) is 91.4 cm³/mol. The molecular weight excluding hydrogens is 337 g/mol. The van der Waals surface area contributed by atoms with Crippen LogP contribution in [0.3, 0.4) is 0 Å². The summed E-state index contributed by atoms with van der Waals surface area (Å²) < 4.78 is 11.5. The van der Waals surface area contributed by atoms with Crippen molar-refractivity contribution in [2.24, 2.45) is 5.73 Å². The third-order valence-electron chi connectivity index (χ3n) is 2.14. The maximum Gasteiger partial charge on any atom is 0.0271 e. The molecule has 0 heterocycles. The molecule has 0 aliphatic rings. The Bertz CT molecular complexity index is 116. The molecule has 0 saturated carbocycles. The van der Waals surface area contributed by atoms with Crippen LogP contribution >= 0.6 is 49.6 Å². The summed E-state index contributed by atoms with van der Waals surface area (Å²) in [6.07, 6.45) is 4.23. The van der Waals surface area contributed by atoms with Crippen LogP contribution in [0.15, 0.2) is 0 Å². The van der Waals surface area contributed by atoms with Crippen molar-refractivity contribution in [3.63, 3.8) is 0 Å². The van der Waals surface area contributed by atoms with Gasteiger partial charge < -0.3 is 16.4 Å². The van der Waals surface area contributed by atoms with Gasteiger partial charge in [0.05, 0.1) is 0 Å². The molecule has 0 amide bonds. The first-order valence-electron chi connectivity index (χ1n) is 5.86. The molecule has 0 spiro atoms. The van der Waals surface area contributed by atoms with Crippen molar-refractivity contribution in [2.45, 2.75) is 25.7 Å². The van der Waals surface area contributed by atoms with E-state index in [1.165, 1.54) is 12.8 Å². The number of halogens is 5. The van der Waals surface area contributed by atoms with Gasteiger partial charge in [-0.25, -0.2) is 0 Å². The molecule has 19 heavy (non-hydrogen) atoms. The molecule has 124 valence electrons. The molecule has 0 aromatic carbocycles. The lowest BCUT2D eigenvalue weighted by Crippen LogP contribution is -2.22. The van der Waals surface area contributed by atoms with Crippen LogP contribution in [0.5, 0.6) is 0 Å². The first-order chi connectivity index (χ1) is 7.41. The molecule has 0 aliphatic heterocycles. The minimum Gasteiger partial charge on any atom is -0.330 e. The van der Waals surface area contributed by atoms with E-state index in [4.69, 9.17) is 5.73 Å². The second kappa shape index (κ2) is 31.4. The smallest absolute Gasteiger partial charge is 0.0271 e. The number of nitrogens with two attached hydrogens (primary N) is 1. The van der Waals surface area contributed by atoms with Crippen molar-refractivity contribution in [1.29, 1.82) is 0 Å².